The summed E-state index contributed by atoms with van der Waals surface area (Å²) in [6, 6.07) is 16.4. The van der Waals surface area contributed by atoms with Crippen molar-refractivity contribution in [3.05, 3.63) is 66.2 Å². The van der Waals surface area contributed by atoms with Crippen molar-refractivity contribution in [2.45, 2.75) is 43.2 Å². The van der Waals surface area contributed by atoms with E-state index in [9.17, 15) is 4.39 Å². The van der Waals surface area contributed by atoms with Crippen LogP contribution < -0.4 is 4.74 Å². The first-order valence-electron chi connectivity index (χ1n) is 9.83. The van der Waals surface area contributed by atoms with Gasteiger partial charge >= 0.3 is 0 Å². The third-order valence-electron chi connectivity index (χ3n) is 5.04. The molecule has 146 valence electrons. The molecule has 0 atom stereocenters. The van der Waals surface area contributed by atoms with Gasteiger partial charge in [-0.2, -0.15) is 0 Å². The van der Waals surface area contributed by atoms with E-state index in [0.29, 0.717) is 18.3 Å². The molecule has 0 saturated heterocycles. The number of benzene rings is 2. The largest absolute Gasteiger partial charge is 0.493 e. The Bertz CT molecular complexity index is 877. The average molecular weight is 398 g/mol. The highest BCUT2D eigenvalue weighted by Crippen LogP contribution is 2.34. The van der Waals surface area contributed by atoms with Crippen LogP contribution >= 0.6 is 11.8 Å². The van der Waals surface area contributed by atoms with Gasteiger partial charge < -0.3 is 4.74 Å². The number of hydrogen-bond donors (Lipinski definition) is 0. The molecule has 0 spiro atoms. The SMILES string of the molecule is Fc1ccc(OCCSc2nnc(C3CCCCC3)n2-c2ccccc2)cc1. The van der Waals surface area contributed by atoms with E-state index in [1.807, 2.05) is 18.2 Å². The number of ether oxygens (including phenoxy) is 1. The maximum atomic E-state index is 13.0. The molecule has 3 aromatic rings. The Hall–Kier alpha value is -2.34. The third kappa shape index (κ3) is 4.55. The van der Waals surface area contributed by atoms with Crippen LogP contribution in [-0.2, 0) is 0 Å². The zero-order chi connectivity index (χ0) is 19.2. The van der Waals surface area contributed by atoms with Gasteiger partial charge in [-0.1, -0.05) is 49.2 Å². The van der Waals surface area contributed by atoms with Crippen molar-refractivity contribution in [1.82, 2.24) is 14.8 Å². The summed E-state index contributed by atoms with van der Waals surface area (Å²) >= 11 is 1.64. The summed E-state index contributed by atoms with van der Waals surface area (Å²) in [5.41, 5.74) is 1.11. The molecule has 4 rings (SSSR count). The number of thioether (sulfide) groups is 1. The topological polar surface area (TPSA) is 39.9 Å². The molecule has 1 heterocycles. The fraction of sp³-hybridized carbons (Fsp3) is 0.364. The molecule has 2 aromatic carbocycles. The van der Waals surface area contributed by atoms with Crippen molar-refractivity contribution in [2.24, 2.45) is 0 Å². The molecule has 0 bridgehead atoms. The molecule has 28 heavy (non-hydrogen) atoms. The first-order valence-corrected chi connectivity index (χ1v) is 10.8. The predicted molar refractivity (Wildman–Crippen MR) is 110 cm³/mol. The minimum Gasteiger partial charge on any atom is -0.493 e. The smallest absolute Gasteiger partial charge is 0.195 e. The Kier molecular flexibility index (Phi) is 6.27. The zero-order valence-corrected chi connectivity index (χ0v) is 16.6. The van der Waals surface area contributed by atoms with Crippen LogP contribution in [0.1, 0.15) is 43.8 Å². The van der Waals surface area contributed by atoms with E-state index in [4.69, 9.17) is 4.74 Å². The summed E-state index contributed by atoms with van der Waals surface area (Å²) in [5, 5.41) is 9.96. The van der Waals surface area contributed by atoms with Gasteiger partial charge in [0.25, 0.3) is 0 Å². The van der Waals surface area contributed by atoms with Gasteiger partial charge in [0.15, 0.2) is 5.16 Å². The number of halogens is 1. The quantitative estimate of drug-likeness (QED) is 0.383. The van der Waals surface area contributed by atoms with Gasteiger partial charge in [-0.25, -0.2) is 4.39 Å². The lowest BCUT2D eigenvalue weighted by Gasteiger charge is -2.22. The second-order valence-electron chi connectivity index (χ2n) is 7.00. The number of hydrogen-bond acceptors (Lipinski definition) is 4. The van der Waals surface area contributed by atoms with Crippen molar-refractivity contribution < 1.29 is 9.13 Å². The number of para-hydroxylation sites is 1. The van der Waals surface area contributed by atoms with E-state index in [2.05, 4.69) is 26.9 Å². The van der Waals surface area contributed by atoms with E-state index in [1.54, 1.807) is 23.9 Å². The molecule has 0 N–H and O–H groups in total. The van der Waals surface area contributed by atoms with Crippen molar-refractivity contribution in [3.8, 4) is 11.4 Å². The van der Waals surface area contributed by atoms with Gasteiger partial charge in [-0.3, -0.25) is 4.57 Å². The lowest BCUT2D eigenvalue weighted by Crippen LogP contribution is -2.12. The monoisotopic (exact) mass is 397 g/mol. The van der Waals surface area contributed by atoms with Gasteiger partial charge in [0, 0.05) is 17.4 Å². The second-order valence-corrected chi connectivity index (χ2v) is 8.06. The Morgan fingerprint density at radius 1 is 0.964 bits per heavy atom. The fourth-order valence-corrected chi connectivity index (χ4v) is 4.42. The molecule has 1 saturated carbocycles. The summed E-state index contributed by atoms with van der Waals surface area (Å²) in [4.78, 5) is 0. The van der Waals surface area contributed by atoms with Crippen LogP contribution in [0.2, 0.25) is 0 Å². The van der Waals surface area contributed by atoms with Crippen molar-refractivity contribution in [1.29, 1.82) is 0 Å². The molecule has 4 nitrogen and oxygen atoms in total. The summed E-state index contributed by atoms with van der Waals surface area (Å²) in [7, 11) is 0. The highest BCUT2D eigenvalue weighted by molar-refractivity contribution is 7.99. The van der Waals surface area contributed by atoms with E-state index in [-0.39, 0.29) is 5.82 Å². The molecular formula is C22H24FN3OS. The van der Waals surface area contributed by atoms with Crippen LogP contribution in [0.3, 0.4) is 0 Å². The minimum absolute atomic E-state index is 0.257. The van der Waals surface area contributed by atoms with Crippen LogP contribution in [0, 0.1) is 5.82 Å². The zero-order valence-electron chi connectivity index (χ0n) is 15.8. The third-order valence-corrected chi connectivity index (χ3v) is 5.93. The first kappa shape index (κ1) is 19.0. The molecule has 6 heteroatoms. The van der Waals surface area contributed by atoms with Crippen LogP contribution in [0.15, 0.2) is 59.8 Å². The molecule has 0 aliphatic heterocycles. The van der Waals surface area contributed by atoms with Crippen molar-refractivity contribution in [3.63, 3.8) is 0 Å². The molecule has 1 aliphatic carbocycles. The molecule has 0 unspecified atom stereocenters. The van der Waals surface area contributed by atoms with Gasteiger partial charge in [-0.15, -0.1) is 10.2 Å². The highest BCUT2D eigenvalue weighted by atomic mass is 32.2. The van der Waals surface area contributed by atoms with Crippen molar-refractivity contribution >= 4 is 11.8 Å². The molecular weight excluding hydrogens is 373 g/mol. The molecule has 0 amide bonds. The summed E-state index contributed by atoms with van der Waals surface area (Å²) in [5.74, 6) is 2.72. The molecule has 1 fully saturated rings. The normalized spacial score (nSPS) is 14.9. The van der Waals surface area contributed by atoms with Crippen LogP contribution in [0.4, 0.5) is 4.39 Å². The summed E-state index contributed by atoms with van der Waals surface area (Å²) in [6.07, 6.45) is 6.21. The standard InChI is InChI=1S/C22H24FN3OS/c23-18-11-13-20(14-12-18)27-15-16-28-22-25-24-21(17-7-3-1-4-8-17)26(22)19-9-5-2-6-10-19/h2,5-6,9-14,17H,1,3-4,7-8,15-16H2. The highest BCUT2D eigenvalue weighted by Gasteiger charge is 2.24. The number of rotatable bonds is 7. The summed E-state index contributed by atoms with van der Waals surface area (Å²) < 4.78 is 20.9. The van der Waals surface area contributed by atoms with E-state index < -0.39 is 0 Å². The Labute approximate surface area is 169 Å². The number of nitrogens with zero attached hydrogens (tertiary/aromatic N) is 3. The Morgan fingerprint density at radius 3 is 2.46 bits per heavy atom. The van der Waals surface area contributed by atoms with Crippen LogP contribution in [-0.4, -0.2) is 27.1 Å². The van der Waals surface area contributed by atoms with E-state index in [0.717, 1.165) is 22.4 Å². The fourth-order valence-electron chi connectivity index (χ4n) is 3.64. The predicted octanol–water partition coefficient (Wildman–Crippen LogP) is 5.63. The maximum Gasteiger partial charge on any atom is 0.195 e. The Balaban J connectivity index is 1.46. The van der Waals surface area contributed by atoms with Crippen molar-refractivity contribution in [2.75, 3.05) is 12.4 Å². The summed E-state index contributed by atoms with van der Waals surface area (Å²) in [6.45, 7) is 0.525. The second kappa shape index (κ2) is 9.24. The maximum absolute atomic E-state index is 13.0. The molecule has 0 radical (unpaired) electrons. The van der Waals surface area contributed by atoms with Gasteiger partial charge in [0.2, 0.25) is 0 Å². The van der Waals surface area contributed by atoms with Crippen LogP contribution in [0.25, 0.3) is 5.69 Å². The Morgan fingerprint density at radius 2 is 1.71 bits per heavy atom. The number of aromatic nitrogens is 3. The van der Waals surface area contributed by atoms with Gasteiger partial charge in [-0.05, 0) is 49.2 Å². The van der Waals surface area contributed by atoms with E-state index in [1.165, 1.54) is 44.2 Å². The average Bonchev–Trinajstić information content (AvgIpc) is 3.18. The lowest BCUT2D eigenvalue weighted by atomic mass is 9.88. The van der Waals surface area contributed by atoms with Gasteiger partial charge in [0.05, 0.1) is 6.61 Å². The lowest BCUT2D eigenvalue weighted by molar-refractivity contribution is 0.343. The minimum atomic E-state index is -0.257. The van der Waals surface area contributed by atoms with Crippen LogP contribution in [0.5, 0.6) is 5.75 Å². The molecule has 1 aliphatic rings. The molecule has 1 aromatic heterocycles. The van der Waals surface area contributed by atoms with Gasteiger partial charge in [0.1, 0.15) is 17.4 Å². The van der Waals surface area contributed by atoms with E-state index >= 15 is 0 Å². The first-order chi connectivity index (χ1) is 13.8.